The quantitative estimate of drug-likeness (QED) is 0.366. The van der Waals surface area contributed by atoms with Crippen LogP contribution in [0.2, 0.25) is 0 Å². The summed E-state index contributed by atoms with van der Waals surface area (Å²) in [5.41, 5.74) is 6.98. The summed E-state index contributed by atoms with van der Waals surface area (Å²) >= 11 is 0. The number of nitrogens with zero attached hydrogens (tertiary/aromatic N) is 3. The molecule has 0 spiro atoms. The molecule has 0 aromatic carbocycles. The minimum atomic E-state index is -1.39. The molecule has 2 aliphatic rings. The summed E-state index contributed by atoms with van der Waals surface area (Å²) in [4.78, 5) is 18.4. The lowest BCUT2D eigenvalue weighted by molar-refractivity contribution is -0.121. The van der Waals surface area contributed by atoms with Crippen molar-refractivity contribution in [1.29, 1.82) is 0 Å². The summed E-state index contributed by atoms with van der Waals surface area (Å²) in [5.74, 6) is -0.444. The molecule has 0 bridgehead atoms. The number of aliphatic imine (C=N–C) groups is 1. The second-order valence-corrected chi connectivity index (χ2v) is 9.86. The lowest BCUT2D eigenvalue weighted by Gasteiger charge is -2.41. The third-order valence-corrected chi connectivity index (χ3v) is 7.99. The first-order valence-electron chi connectivity index (χ1n) is 11.7. The molecule has 10 heteroatoms. The van der Waals surface area contributed by atoms with Gasteiger partial charge in [-0.25, -0.2) is 8.51 Å². The molecule has 186 valence electrons. The molecular weight excluding hydrogens is 428 g/mol. The normalized spacial score (nSPS) is 19.0. The van der Waals surface area contributed by atoms with E-state index in [0.29, 0.717) is 32.5 Å². The van der Waals surface area contributed by atoms with Crippen LogP contribution in [0.25, 0.3) is 0 Å². The van der Waals surface area contributed by atoms with Crippen LogP contribution >= 0.6 is 0 Å². The van der Waals surface area contributed by atoms with Gasteiger partial charge in [-0.05, 0) is 38.3 Å². The van der Waals surface area contributed by atoms with E-state index in [9.17, 15) is 9.00 Å². The number of nitrogens with one attached hydrogen (secondary N) is 2. The number of hydrogen-bond donors (Lipinski definition) is 3. The summed E-state index contributed by atoms with van der Waals surface area (Å²) < 4.78 is 19.0. The number of likely N-dealkylation sites (tertiary alicyclic amines) is 1. The highest BCUT2D eigenvalue weighted by Crippen LogP contribution is 2.30. The van der Waals surface area contributed by atoms with Crippen molar-refractivity contribution < 1.29 is 13.7 Å². The van der Waals surface area contributed by atoms with E-state index in [1.807, 2.05) is 24.5 Å². The third-order valence-electron chi connectivity index (χ3n) is 5.80. The summed E-state index contributed by atoms with van der Waals surface area (Å²) in [6.07, 6.45) is 8.77. The zero-order chi connectivity index (χ0) is 23.8. The highest BCUT2D eigenvalue weighted by Gasteiger charge is 2.47. The molecule has 0 radical (unpaired) electrons. The molecule has 4 N–H and O–H groups in total. The fourth-order valence-electron chi connectivity index (χ4n) is 3.65. The highest BCUT2D eigenvalue weighted by molar-refractivity contribution is 7.85. The van der Waals surface area contributed by atoms with E-state index in [0.717, 1.165) is 39.3 Å². The second-order valence-electron chi connectivity index (χ2n) is 8.06. The Bertz CT molecular complexity index is 621. The van der Waals surface area contributed by atoms with Crippen molar-refractivity contribution >= 4 is 23.1 Å². The third kappa shape index (κ3) is 9.27. The predicted octanol–water partition coefficient (Wildman–Crippen LogP) is 0.850. The number of piperidine rings is 1. The number of allylic oxidation sites excluding steroid dienone is 1. The topological polar surface area (TPSA) is 112 Å². The zero-order valence-electron chi connectivity index (χ0n) is 20.4. The van der Waals surface area contributed by atoms with Gasteiger partial charge in [0.05, 0.1) is 6.61 Å². The molecule has 0 aromatic rings. The van der Waals surface area contributed by atoms with Gasteiger partial charge in [0, 0.05) is 58.8 Å². The molecule has 0 aliphatic carbocycles. The first kappa shape index (κ1) is 28.7. The number of likely N-dealkylation sites (N-methyl/N-ethyl adjacent to an activating group) is 2. The van der Waals surface area contributed by atoms with Gasteiger partial charge in [-0.2, -0.15) is 0 Å². The molecule has 0 saturated carbocycles. The number of unbranched alkanes of at least 4 members (excludes halogenated alkanes) is 1. The Balaban J connectivity index is 0.000000425. The summed E-state index contributed by atoms with van der Waals surface area (Å²) in [7, 11) is 2.14. The number of hydrogen-bond acceptors (Lipinski definition) is 7. The summed E-state index contributed by atoms with van der Waals surface area (Å²) in [6, 6.07) is 0. The van der Waals surface area contributed by atoms with E-state index in [2.05, 4.69) is 33.6 Å². The molecule has 1 atom stereocenters. The number of carbonyl (C=O) groups is 1. The van der Waals surface area contributed by atoms with Crippen LogP contribution in [0.5, 0.6) is 0 Å². The lowest BCUT2D eigenvalue weighted by Crippen LogP contribution is -2.58. The average molecular weight is 473 g/mol. The Morgan fingerprint density at radius 2 is 2.12 bits per heavy atom. The highest BCUT2D eigenvalue weighted by atomic mass is 32.2. The molecular formula is C22H44N6O3S. The van der Waals surface area contributed by atoms with Crippen LogP contribution in [0, 0.1) is 0 Å². The van der Waals surface area contributed by atoms with Gasteiger partial charge >= 0.3 is 0 Å². The van der Waals surface area contributed by atoms with Crippen molar-refractivity contribution in [2.24, 2.45) is 10.7 Å². The van der Waals surface area contributed by atoms with Crippen LogP contribution in [0.4, 0.5) is 0 Å². The summed E-state index contributed by atoms with van der Waals surface area (Å²) in [5, 5.41) is 6.13. The second kappa shape index (κ2) is 16.3. The minimum Gasteiger partial charge on any atom is -0.383 e. The van der Waals surface area contributed by atoms with E-state index >= 15 is 0 Å². The van der Waals surface area contributed by atoms with E-state index in [-0.39, 0.29) is 0 Å². The maximum absolute atomic E-state index is 13.0. The van der Waals surface area contributed by atoms with Gasteiger partial charge in [0.25, 0.3) is 0 Å². The minimum absolute atomic E-state index is 0.444. The van der Waals surface area contributed by atoms with E-state index < -0.39 is 21.6 Å². The molecule has 9 nitrogen and oxygen atoms in total. The van der Waals surface area contributed by atoms with Gasteiger partial charge in [0.15, 0.2) is 0 Å². The molecule has 1 saturated heterocycles. The molecule has 2 rings (SSSR count). The van der Waals surface area contributed by atoms with E-state index in [4.69, 9.17) is 10.5 Å². The van der Waals surface area contributed by atoms with E-state index in [1.54, 1.807) is 7.11 Å². The molecule has 2 aliphatic heterocycles. The fraction of sp³-hybridized carbons (Fsp3) is 0.818. The first-order valence-corrected chi connectivity index (χ1v) is 12.8. The van der Waals surface area contributed by atoms with Gasteiger partial charge in [-0.15, -0.1) is 0 Å². The van der Waals surface area contributed by atoms with Crippen LogP contribution in [-0.2, 0) is 20.5 Å². The van der Waals surface area contributed by atoms with Gasteiger partial charge in [-0.3, -0.25) is 9.79 Å². The van der Waals surface area contributed by atoms with Crippen LogP contribution in [0.15, 0.2) is 16.8 Å². The molecule has 32 heavy (non-hydrogen) atoms. The van der Waals surface area contributed by atoms with Crippen LogP contribution in [0.1, 0.15) is 46.0 Å². The number of nitrogens with two attached hydrogens (primary N) is 1. The Morgan fingerprint density at radius 3 is 2.62 bits per heavy atom. The Kier molecular flexibility index (Phi) is 14.6. The van der Waals surface area contributed by atoms with Crippen molar-refractivity contribution in [2.75, 3.05) is 66.7 Å². The Hall–Kier alpha value is -1.33. The molecule has 1 unspecified atom stereocenters. The number of amides is 1. The lowest BCUT2D eigenvalue weighted by atomic mass is 9.95. The van der Waals surface area contributed by atoms with Crippen molar-refractivity contribution in [3.63, 3.8) is 0 Å². The number of primary amides is 1. The maximum atomic E-state index is 13.0. The zero-order valence-corrected chi connectivity index (χ0v) is 21.2. The van der Waals surface area contributed by atoms with Gasteiger partial charge in [0.2, 0.25) is 5.91 Å². The van der Waals surface area contributed by atoms with Gasteiger partial charge in [0.1, 0.15) is 22.4 Å². The van der Waals surface area contributed by atoms with Crippen molar-refractivity contribution in [2.45, 2.75) is 50.7 Å². The average Bonchev–Trinajstić information content (AvgIpc) is 2.83. The fourth-order valence-corrected chi connectivity index (χ4v) is 5.34. The van der Waals surface area contributed by atoms with Crippen molar-refractivity contribution in [3.05, 3.63) is 11.8 Å². The molecule has 2 heterocycles. The van der Waals surface area contributed by atoms with Gasteiger partial charge < -0.3 is 26.0 Å². The van der Waals surface area contributed by atoms with E-state index in [1.165, 1.54) is 18.4 Å². The number of ether oxygens (including phenoxy) is 1. The monoisotopic (exact) mass is 472 g/mol. The number of methoxy groups -OCH3 is 1. The van der Waals surface area contributed by atoms with Crippen molar-refractivity contribution in [1.82, 2.24) is 19.8 Å². The predicted molar refractivity (Wildman–Crippen MR) is 133 cm³/mol. The first-order chi connectivity index (χ1) is 15.4. The van der Waals surface area contributed by atoms with Gasteiger partial charge in [-0.1, -0.05) is 20.3 Å². The summed E-state index contributed by atoms with van der Waals surface area (Å²) in [6.45, 7) is 9.85. The van der Waals surface area contributed by atoms with Crippen LogP contribution in [0.3, 0.4) is 0 Å². The van der Waals surface area contributed by atoms with Crippen LogP contribution < -0.4 is 16.4 Å². The SMILES string of the molecule is CCCCC1=CNCN=C1.CCN(CCNC)S(=O)C1(C(N)=O)CCN(CCOC)CC1. The van der Waals surface area contributed by atoms with Crippen molar-refractivity contribution in [3.8, 4) is 0 Å². The smallest absolute Gasteiger partial charge is 0.237 e. The standard InChI is InChI=1S/C14H30N4O3S.C8H14N2/c1-4-18(10-7-16-2)22(20)14(13(15)19)5-8-17(9-6-14)11-12-21-3;1-2-3-4-8-5-9-7-10-6-8/h16H,4-12H2,1-3H3,(H2,15,19);5-6,9H,2-4,7H2,1H3. The largest absolute Gasteiger partial charge is 0.383 e. The molecule has 1 fully saturated rings. The molecule has 1 amide bonds. The number of rotatable bonds is 13. The van der Waals surface area contributed by atoms with Crippen LogP contribution in [-0.4, -0.2) is 97.0 Å². The Morgan fingerprint density at radius 1 is 1.41 bits per heavy atom. The Labute approximate surface area is 196 Å². The number of carbonyl (C=O) groups excluding carboxylic acids is 1. The molecule has 0 aromatic heterocycles. The maximum Gasteiger partial charge on any atom is 0.237 e.